The molecule has 1 amide bonds. The lowest BCUT2D eigenvalue weighted by molar-refractivity contribution is -0.155. The number of amides is 1. The molecule has 0 aromatic heterocycles. The lowest BCUT2D eigenvalue weighted by Gasteiger charge is -2.24. The second-order valence-corrected chi connectivity index (χ2v) is 5.25. The van der Waals surface area contributed by atoms with Crippen molar-refractivity contribution in [2.24, 2.45) is 0 Å². The highest BCUT2D eigenvalue weighted by Gasteiger charge is 2.47. The van der Waals surface area contributed by atoms with E-state index in [1.165, 1.54) is 6.08 Å². The molecule has 6 heteroatoms. The summed E-state index contributed by atoms with van der Waals surface area (Å²) in [5.74, 6) is 0.916. The molecule has 2 bridgehead atoms. The highest BCUT2D eigenvalue weighted by molar-refractivity contribution is 5.96. The average Bonchev–Trinajstić information content (AvgIpc) is 3.18. The van der Waals surface area contributed by atoms with Gasteiger partial charge in [-0.05, 0) is 23.8 Å². The summed E-state index contributed by atoms with van der Waals surface area (Å²) >= 11 is 0. The van der Waals surface area contributed by atoms with Crippen LogP contribution in [0, 0.1) is 0 Å². The number of likely N-dealkylation sites (tertiary alicyclic amines) is 1. The molecule has 0 aliphatic carbocycles. The molecule has 0 N–H and O–H groups in total. The monoisotopic (exact) mass is 287 g/mol. The fourth-order valence-corrected chi connectivity index (χ4v) is 2.87. The van der Waals surface area contributed by atoms with Gasteiger partial charge in [-0.2, -0.15) is 0 Å². The van der Waals surface area contributed by atoms with Crippen molar-refractivity contribution < 1.29 is 23.8 Å². The van der Waals surface area contributed by atoms with Gasteiger partial charge in [0, 0.05) is 12.5 Å². The molecule has 21 heavy (non-hydrogen) atoms. The molecule has 1 aromatic carbocycles. The molecule has 0 unspecified atom stereocenters. The van der Waals surface area contributed by atoms with E-state index in [-0.39, 0.29) is 24.8 Å². The summed E-state index contributed by atoms with van der Waals surface area (Å²) in [7, 11) is 0. The minimum Gasteiger partial charge on any atom is -0.459 e. The minimum atomic E-state index is -0.413. The summed E-state index contributed by atoms with van der Waals surface area (Å²) in [6, 6.07) is 5.06. The molecule has 3 aliphatic heterocycles. The van der Waals surface area contributed by atoms with E-state index < -0.39 is 6.04 Å². The number of rotatable bonds is 2. The quantitative estimate of drug-likeness (QED) is 0.598. The molecule has 6 nitrogen and oxygen atoms in total. The van der Waals surface area contributed by atoms with Crippen molar-refractivity contribution in [1.82, 2.24) is 4.90 Å². The van der Waals surface area contributed by atoms with Crippen LogP contribution in [-0.2, 0) is 14.3 Å². The van der Waals surface area contributed by atoms with E-state index in [0.29, 0.717) is 24.5 Å². The minimum absolute atomic E-state index is 0.134. The van der Waals surface area contributed by atoms with Gasteiger partial charge in [0.1, 0.15) is 12.1 Å². The Morgan fingerprint density at radius 2 is 2.14 bits per heavy atom. The summed E-state index contributed by atoms with van der Waals surface area (Å²) in [5.41, 5.74) is 0.847. The van der Waals surface area contributed by atoms with Crippen LogP contribution in [0.5, 0.6) is 11.5 Å². The van der Waals surface area contributed by atoms with Gasteiger partial charge in [-0.3, -0.25) is 4.79 Å². The number of nitrogens with zero attached hydrogens (tertiary/aromatic N) is 1. The van der Waals surface area contributed by atoms with Crippen LogP contribution in [0.2, 0.25) is 0 Å². The number of fused-ring (bicyclic) bond motifs is 3. The van der Waals surface area contributed by atoms with Gasteiger partial charge in [0.05, 0.1) is 6.54 Å². The Morgan fingerprint density at radius 1 is 1.29 bits per heavy atom. The van der Waals surface area contributed by atoms with E-state index in [4.69, 9.17) is 14.2 Å². The summed E-state index contributed by atoms with van der Waals surface area (Å²) in [4.78, 5) is 25.2. The normalized spacial score (nSPS) is 25.7. The third-order valence-corrected chi connectivity index (χ3v) is 3.92. The van der Waals surface area contributed by atoms with Gasteiger partial charge in [-0.25, -0.2) is 4.79 Å². The van der Waals surface area contributed by atoms with E-state index in [1.54, 1.807) is 11.0 Å². The predicted octanol–water partition coefficient (Wildman–Crippen LogP) is 0.955. The SMILES string of the molecule is O=C1O[C@H]2C[C@@H]1N(C(=O)/C=C/c1ccc3c(c1)OCO3)C2. The van der Waals surface area contributed by atoms with Crippen LogP contribution in [0.25, 0.3) is 6.08 Å². The number of benzene rings is 1. The number of esters is 1. The molecule has 3 aliphatic rings. The van der Waals surface area contributed by atoms with Crippen LogP contribution in [0.3, 0.4) is 0 Å². The van der Waals surface area contributed by atoms with Crippen LogP contribution in [0.4, 0.5) is 0 Å². The van der Waals surface area contributed by atoms with Crippen molar-refractivity contribution in [2.75, 3.05) is 13.3 Å². The van der Waals surface area contributed by atoms with Crippen LogP contribution in [0.15, 0.2) is 24.3 Å². The zero-order valence-electron chi connectivity index (χ0n) is 11.2. The Labute approximate surface area is 120 Å². The first kappa shape index (κ1) is 12.3. The van der Waals surface area contributed by atoms with E-state index in [0.717, 1.165) is 5.56 Å². The van der Waals surface area contributed by atoms with E-state index in [2.05, 4.69) is 0 Å². The van der Waals surface area contributed by atoms with Crippen molar-refractivity contribution in [3.8, 4) is 11.5 Å². The summed E-state index contributed by atoms with van der Waals surface area (Å²) in [5, 5.41) is 0. The first-order valence-corrected chi connectivity index (χ1v) is 6.79. The average molecular weight is 287 g/mol. The van der Waals surface area contributed by atoms with Crippen LogP contribution < -0.4 is 9.47 Å². The topological polar surface area (TPSA) is 65.1 Å². The van der Waals surface area contributed by atoms with Crippen molar-refractivity contribution in [2.45, 2.75) is 18.6 Å². The van der Waals surface area contributed by atoms with Crippen LogP contribution >= 0.6 is 0 Å². The molecule has 3 heterocycles. The van der Waals surface area contributed by atoms with Crippen molar-refractivity contribution in [1.29, 1.82) is 0 Å². The zero-order chi connectivity index (χ0) is 14.4. The maximum absolute atomic E-state index is 12.2. The maximum Gasteiger partial charge on any atom is 0.329 e. The molecular formula is C15H13NO5. The molecule has 4 rings (SSSR count). The second kappa shape index (κ2) is 4.51. The number of morpholine rings is 1. The molecule has 0 saturated carbocycles. The van der Waals surface area contributed by atoms with Crippen LogP contribution in [0.1, 0.15) is 12.0 Å². The number of hydrogen-bond donors (Lipinski definition) is 0. The largest absolute Gasteiger partial charge is 0.459 e. The Balaban J connectivity index is 1.48. The third-order valence-electron chi connectivity index (χ3n) is 3.92. The summed E-state index contributed by atoms with van der Waals surface area (Å²) in [6.45, 7) is 0.709. The van der Waals surface area contributed by atoms with Gasteiger partial charge >= 0.3 is 5.97 Å². The number of carbonyl (C=O) groups is 2. The lowest BCUT2D eigenvalue weighted by Crippen LogP contribution is -2.43. The predicted molar refractivity (Wildman–Crippen MR) is 71.6 cm³/mol. The first-order valence-electron chi connectivity index (χ1n) is 6.79. The Bertz CT molecular complexity index is 653. The summed E-state index contributed by atoms with van der Waals surface area (Å²) in [6.07, 6.45) is 3.67. The van der Waals surface area contributed by atoms with E-state index >= 15 is 0 Å². The molecule has 2 atom stereocenters. The molecular weight excluding hydrogens is 274 g/mol. The fourth-order valence-electron chi connectivity index (χ4n) is 2.87. The molecule has 108 valence electrons. The van der Waals surface area contributed by atoms with Crippen LogP contribution in [-0.4, -0.2) is 42.3 Å². The Morgan fingerprint density at radius 3 is 2.95 bits per heavy atom. The fraction of sp³-hybridized carbons (Fsp3) is 0.333. The highest BCUT2D eigenvalue weighted by atomic mass is 16.7. The number of hydrogen-bond acceptors (Lipinski definition) is 5. The third kappa shape index (κ3) is 2.03. The van der Waals surface area contributed by atoms with Gasteiger partial charge in [0.2, 0.25) is 12.7 Å². The van der Waals surface area contributed by atoms with Gasteiger partial charge in [-0.1, -0.05) is 6.07 Å². The molecule has 2 fully saturated rings. The summed E-state index contributed by atoms with van der Waals surface area (Å²) < 4.78 is 15.6. The van der Waals surface area contributed by atoms with Gasteiger partial charge < -0.3 is 19.1 Å². The van der Waals surface area contributed by atoms with E-state index in [9.17, 15) is 9.59 Å². The molecule has 0 spiro atoms. The van der Waals surface area contributed by atoms with Crippen molar-refractivity contribution in [3.05, 3.63) is 29.8 Å². The second-order valence-electron chi connectivity index (χ2n) is 5.25. The van der Waals surface area contributed by atoms with Gasteiger partial charge in [0.25, 0.3) is 0 Å². The van der Waals surface area contributed by atoms with Crippen molar-refractivity contribution >= 4 is 18.0 Å². The zero-order valence-corrected chi connectivity index (χ0v) is 11.2. The van der Waals surface area contributed by atoms with E-state index in [1.807, 2.05) is 18.2 Å². The first-order chi connectivity index (χ1) is 10.2. The smallest absolute Gasteiger partial charge is 0.329 e. The molecule has 2 saturated heterocycles. The standard InChI is InChI=1S/C15H13NO5/c17-14(16-7-10-6-11(16)15(18)21-10)4-2-9-1-3-12-13(5-9)20-8-19-12/h1-5,10-11H,6-8H2/b4-2+/t10-,11-/m0/s1. The van der Waals surface area contributed by atoms with Gasteiger partial charge in [0.15, 0.2) is 11.5 Å². The van der Waals surface area contributed by atoms with Gasteiger partial charge in [-0.15, -0.1) is 0 Å². The maximum atomic E-state index is 12.2. The highest BCUT2D eigenvalue weighted by Crippen LogP contribution is 2.33. The number of carbonyl (C=O) groups excluding carboxylic acids is 2. The molecule has 0 radical (unpaired) electrons. The lowest BCUT2D eigenvalue weighted by atomic mass is 10.2. The van der Waals surface area contributed by atoms with Crippen molar-refractivity contribution in [3.63, 3.8) is 0 Å². The molecule has 1 aromatic rings. The Kier molecular flexibility index (Phi) is 2.63. The number of ether oxygens (including phenoxy) is 3. The Hall–Kier alpha value is -2.50.